The van der Waals surface area contributed by atoms with Crippen LogP contribution in [0.5, 0.6) is 0 Å². The van der Waals surface area contributed by atoms with Crippen LogP contribution in [0.15, 0.2) is 24.3 Å². The zero-order valence-electron chi connectivity index (χ0n) is 12.9. The Balaban J connectivity index is 1.69. The molecule has 2 heterocycles. The monoisotopic (exact) mass is 352 g/mol. The van der Waals surface area contributed by atoms with E-state index in [1.807, 2.05) is 0 Å². The van der Waals surface area contributed by atoms with Gasteiger partial charge in [-0.15, -0.1) is 0 Å². The summed E-state index contributed by atoms with van der Waals surface area (Å²) in [5, 5.41) is 9.59. The minimum Gasteiger partial charge on any atom is -0.479 e. The zero-order valence-corrected chi connectivity index (χ0v) is 13.6. The fourth-order valence-corrected chi connectivity index (χ4v) is 3.13. The second-order valence-electron chi connectivity index (χ2n) is 5.79. The largest absolute Gasteiger partial charge is 0.479 e. The molecular weight excluding hydrogens is 336 g/mol. The van der Waals surface area contributed by atoms with Crippen molar-refractivity contribution >= 4 is 35.1 Å². The van der Waals surface area contributed by atoms with Crippen molar-refractivity contribution in [3.63, 3.8) is 0 Å². The van der Waals surface area contributed by atoms with Gasteiger partial charge in [0.15, 0.2) is 6.10 Å². The van der Waals surface area contributed by atoms with Gasteiger partial charge in [0.05, 0.1) is 13.2 Å². The molecule has 0 spiro atoms. The number of carbonyl (C=O) groups is 3. The van der Waals surface area contributed by atoms with Crippen LogP contribution in [0, 0.1) is 5.92 Å². The predicted molar refractivity (Wildman–Crippen MR) is 85.9 cm³/mol. The number of benzene rings is 1. The van der Waals surface area contributed by atoms with Gasteiger partial charge >= 0.3 is 5.97 Å². The van der Waals surface area contributed by atoms with Crippen molar-refractivity contribution in [1.82, 2.24) is 4.90 Å². The summed E-state index contributed by atoms with van der Waals surface area (Å²) in [4.78, 5) is 39.2. The van der Waals surface area contributed by atoms with E-state index < -0.39 is 18.0 Å². The average molecular weight is 353 g/mol. The molecule has 24 heavy (non-hydrogen) atoms. The standard InChI is InChI=1S/C16H17ClN2O5/c17-10-1-3-11(4-2-10)19-6-5-12(15(19)21)14(20)18-7-8-24-13(9-18)16(22)23/h1-4,12-13H,5-9H2,(H,22,23)/t12-,13+/m1/s1. The first-order chi connectivity index (χ1) is 11.5. The molecule has 0 aliphatic carbocycles. The van der Waals surface area contributed by atoms with Crippen molar-refractivity contribution in [2.45, 2.75) is 12.5 Å². The molecule has 8 heteroatoms. The van der Waals surface area contributed by atoms with E-state index in [4.69, 9.17) is 21.4 Å². The van der Waals surface area contributed by atoms with Gasteiger partial charge in [0.2, 0.25) is 11.8 Å². The van der Waals surface area contributed by atoms with Crippen LogP contribution in [0.4, 0.5) is 5.69 Å². The van der Waals surface area contributed by atoms with E-state index in [2.05, 4.69) is 0 Å². The first-order valence-electron chi connectivity index (χ1n) is 7.67. The lowest BCUT2D eigenvalue weighted by Crippen LogP contribution is -2.51. The van der Waals surface area contributed by atoms with E-state index in [0.29, 0.717) is 30.2 Å². The normalized spacial score (nSPS) is 24.3. The summed E-state index contributed by atoms with van der Waals surface area (Å²) >= 11 is 5.85. The van der Waals surface area contributed by atoms with Crippen LogP contribution < -0.4 is 4.90 Å². The molecule has 2 aliphatic heterocycles. The van der Waals surface area contributed by atoms with E-state index >= 15 is 0 Å². The highest BCUT2D eigenvalue weighted by Gasteiger charge is 2.41. The maximum absolute atomic E-state index is 12.6. The van der Waals surface area contributed by atoms with Gasteiger partial charge in [-0.25, -0.2) is 4.79 Å². The molecule has 128 valence electrons. The highest BCUT2D eigenvalue weighted by atomic mass is 35.5. The quantitative estimate of drug-likeness (QED) is 0.820. The number of anilines is 1. The van der Waals surface area contributed by atoms with Gasteiger partial charge in [-0.2, -0.15) is 0 Å². The van der Waals surface area contributed by atoms with Gasteiger partial charge in [-0.1, -0.05) is 11.6 Å². The Kier molecular flexibility index (Phi) is 4.73. The fraction of sp³-hybridized carbons (Fsp3) is 0.438. The molecule has 2 amide bonds. The molecule has 0 radical (unpaired) electrons. The van der Waals surface area contributed by atoms with E-state index in [1.165, 1.54) is 4.90 Å². The highest BCUT2D eigenvalue weighted by molar-refractivity contribution is 6.30. The third-order valence-electron chi connectivity index (χ3n) is 4.30. The number of hydrogen-bond acceptors (Lipinski definition) is 4. The molecule has 2 fully saturated rings. The Morgan fingerprint density at radius 2 is 1.92 bits per heavy atom. The molecule has 3 rings (SSSR count). The number of aliphatic carboxylic acids is 1. The molecule has 7 nitrogen and oxygen atoms in total. The van der Waals surface area contributed by atoms with Crippen LogP contribution in [-0.4, -0.2) is 60.1 Å². The molecule has 0 bridgehead atoms. The SMILES string of the molecule is O=C(O)[C@@H]1CN(C(=O)[C@H]2CCN(c3ccc(Cl)cc3)C2=O)CCO1. The molecule has 0 unspecified atom stereocenters. The second-order valence-corrected chi connectivity index (χ2v) is 6.23. The molecule has 2 aliphatic rings. The molecule has 1 aromatic rings. The number of carbonyl (C=O) groups excluding carboxylic acids is 2. The van der Waals surface area contributed by atoms with Gasteiger partial charge in [0.1, 0.15) is 5.92 Å². The molecule has 2 saturated heterocycles. The van der Waals surface area contributed by atoms with E-state index in [9.17, 15) is 14.4 Å². The number of nitrogens with zero attached hydrogens (tertiary/aromatic N) is 2. The van der Waals surface area contributed by atoms with Crippen molar-refractivity contribution in [1.29, 1.82) is 0 Å². The summed E-state index contributed by atoms with van der Waals surface area (Å²) in [5.74, 6) is -2.46. The number of morpholine rings is 1. The van der Waals surface area contributed by atoms with Gasteiger partial charge in [-0.3, -0.25) is 9.59 Å². The smallest absolute Gasteiger partial charge is 0.334 e. The Labute approximate surface area is 143 Å². The lowest BCUT2D eigenvalue weighted by molar-refractivity contribution is -0.160. The number of carboxylic acid groups (broad SMARTS) is 1. The van der Waals surface area contributed by atoms with E-state index in [-0.39, 0.29) is 25.0 Å². The maximum Gasteiger partial charge on any atom is 0.334 e. The summed E-state index contributed by atoms with van der Waals surface area (Å²) in [6, 6.07) is 6.86. The molecule has 1 aromatic carbocycles. The summed E-state index contributed by atoms with van der Waals surface area (Å²) in [6.45, 7) is 0.875. The third kappa shape index (κ3) is 3.22. The summed E-state index contributed by atoms with van der Waals surface area (Å²) < 4.78 is 5.11. The maximum atomic E-state index is 12.6. The fourth-order valence-electron chi connectivity index (χ4n) is 3.01. The molecular formula is C16H17ClN2O5. The summed E-state index contributed by atoms with van der Waals surface area (Å²) in [6.07, 6.45) is -0.623. The Morgan fingerprint density at radius 1 is 1.21 bits per heavy atom. The number of amides is 2. The first-order valence-corrected chi connectivity index (χ1v) is 8.05. The van der Waals surface area contributed by atoms with Gasteiger partial charge in [0.25, 0.3) is 0 Å². The van der Waals surface area contributed by atoms with Crippen molar-refractivity contribution < 1.29 is 24.2 Å². The van der Waals surface area contributed by atoms with Crippen LogP contribution in [0.2, 0.25) is 5.02 Å². The number of carboxylic acids is 1. The highest BCUT2D eigenvalue weighted by Crippen LogP contribution is 2.28. The lowest BCUT2D eigenvalue weighted by atomic mass is 10.1. The first kappa shape index (κ1) is 16.7. The van der Waals surface area contributed by atoms with Crippen LogP contribution in [0.25, 0.3) is 0 Å². The minimum atomic E-state index is -1.10. The van der Waals surface area contributed by atoms with Gasteiger partial charge < -0.3 is 19.6 Å². The van der Waals surface area contributed by atoms with Crippen molar-refractivity contribution in [2.24, 2.45) is 5.92 Å². The van der Waals surface area contributed by atoms with E-state index in [1.54, 1.807) is 29.2 Å². The van der Waals surface area contributed by atoms with Crippen LogP contribution >= 0.6 is 11.6 Å². The molecule has 1 N–H and O–H groups in total. The number of rotatable bonds is 3. The topological polar surface area (TPSA) is 87.2 Å². The van der Waals surface area contributed by atoms with Crippen molar-refractivity contribution in [3.8, 4) is 0 Å². The Hall–Kier alpha value is -2.12. The lowest BCUT2D eigenvalue weighted by Gasteiger charge is -2.32. The number of hydrogen-bond donors (Lipinski definition) is 1. The molecule has 0 aromatic heterocycles. The van der Waals surface area contributed by atoms with Gasteiger partial charge in [0, 0.05) is 23.8 Å². The summed E-state index contributed by atoms with van der Waals surface area (Å²) in [5.41, 5.74) is 0.699. The molecule has 2 atom stereocenters. The second kappa shape index (κ2) is 6.78. The predicted octanol–water partition coefficient (Wildman–Crippen LogP) is 1.00. The van der Waals surface area contributed by atoms with Crippen LogP contribution in [0.1, 0.15) is 6.42 Å². The van der Waals surface area contributed by atoms with Crippen LogP contribution in [0.3, 0.4) is 0 Å². The molecule has 0 saturated carbocycles. The Morgan fingerprint density at radius 3 is 2.58 bits per heavy atom. The van der Waals surface area contributed by atoms with Crippen molar-refractivity contribution in [3.05, 3.63) is 29.3 Å². The minimum absolute atomic E-state index is 0.0289. The number of halogens is 1. The third-order valence-corrected chi connectivity index (χ3v) is 4.55. The van der Waals surface area contributed by atoms with E-state index in [0.717, 1.165) is 0 Å². The van der Waals surface area contributed by atoms with Gasteiger partial charge in [-0.05, 0) is 30.7 Å². The number of ether oxygens (including phenoxy) is 1. The van der Waals surface area contributed by atoms with Crippen LogP contribution in [-0.2, 0) is 19.1 Å². The van der Waals surface area contributed by atoms with Crippen molar-refractivity contribution in [2.75, 3.05) is 31.1 Å². The summed E-state index contributed by atoms with van der Waals surface area (Å²) in [7, 11) is 0. The average Bonchev–Trinajstić information content (AvgIpc) is 2.96. The Bertz CT molecular complexity index is 663. The zero-order chi connectivity index (χ0) is 17.3.